The fourth-order valence-electron chi connectivity index (χ4n) is 1.21. The Hall–Kier alpha value is -1.57. The molecule has 0 bridgehead atoms. The second kappa shape index (κ2) is 7.28. The lowest BCUT2D eigenvalue weighted by molar-refractivity contribution is -0.186. The molecule has 0 saturated heterocycles. The van der Waals surface area contributed by atoms with Gasteiger partial charge in [0.05, 0.1) is 6.42 Å². The lowest BCUT2D eigenvalue weighted by Gasteiger charge is -2.08. The van der Waals surface area contributed by atoms with E-state index in [1.165, 1.54) is 0 Å². The van der Waals surface area contributed by atoms with Gasteiger partial charge in [0.25, 0.3) is 0 Å². The van der Waals surface area contributed by atoms with Gasteiger partial charge in [-0.1, -0.05) is 15.9 Å². The third-order valence-electron chi connectivity index (χ3n) is 2.08. The average molecular weight is 354 g/mol. The number of alkyl halides is 3. The van der Waals surface area contributed by atoms with Crippen molar-refractivity contribution in [2.24, 2.45) is 0 Å². The Labute approximate surface area is 121 Å². The van der Waals surface area contributed by atoms with Crippen LogP contribution in [0.1, 0.15) is 12.8 Å². The number of esters is 1. The second-order valence-corrected chi connectivity index (χ2v) is 4.75. The van der Waals surface area contributed by atoms with E-state index >= 15 is 0 Å². The predicted molar refractivity (Wildman–Crippen MR) is 69.0 cm³/mol. The topological polar surface area (TPSA) is 55.4 Å². The number of halogens is 4. The number of amides is 1. The van der Waals surface area contributed by atoms with Crippen molar-refractivity contribution in [3.05, 3.63) is 28.7 Å². The SMILES string of the molecule is O=C(CCC(=O)OCC(F)(F)F)Nc1ccc(Br)cc1. The summed E-state index contributed by atoms with van der Waals surface area (Å²) in [7, 11) is 0. The molecule has 1 amide bonds. The molecule has 0 aromatic heterocycles. The standard InChI is InChI=1S/C12H11BrF3NO3/c13-8-1-3-9(4-2-8)17-10(18)5-6-11(19)20-7-12(14,15)16/h1-4H,5-7H2,(H,17,18). The van der Waals surface area contributed by atoms with Crippen molar-refractivity contribution in [1.82, 2.24) is 0 Å². The van der Waals surface area contributed by atoms with E-state index in [0.717, 1.165) is 4.47 Å². The molecule has 0 unspecified atom stereocenters. The average Bonchev–Trinajstić information content (AvgIpc) is 2.36. The number of carbonyl (C=O) groups is 2. The molecule has 0 radical (unpaired) electrons. The van der Waals surface area contributed by atoms with Gasteiger partial charge < -0.3 is 10.1 Å². The van der Waals surface area contributed by atoms with E-state index in [1.54, 1.807) is 24.3 Å². The molecule has 0 heterocycles. The monoisotopic (exact) mass is 353 g/mol. The van der Waals surface area contributed by atoms with Crippen molar-refractivity contribution in [3.63, 3.8) is 0 Å². The van der Waals surface area contributed by atoms with Crippen LogP contribution in [0.2, 0.25) is 0 Å². The maximum Gasteiger partial charge on any atom is 0.422 e. The molecule has 0 aliphatic rings. The van der Waals surface area contributed by atoms with E-state index in [9.17, 15) is 22.8 Å². The highest BCUT2D eigenvalue weighted by Crippen LogP contribution is 2.16. The van der Waals surface area contributed by atoms with Crippen LogP contribution in [0.4, 0.5) is 18.9 Å². The first kappa shape index (κ1) is 16.5. The van der Waals surface area contributed by atoms with Crippen LogP contribution in [0, 0.1) is 0 Å². The molecule has 0 atom stereocenters. The Balaban J connectivity index is 2.29. The van der Waals surface area contributed by atoms with E-state index in [-0.39, 0.29) is 6.42 Å². The fraction of sp³-hybridized carbons (Fsp3) is 0.333. The third kappa shape index (κ3) is 7.13. The van der Waals surface area contributed by atoms with Crippen LogP contribution in [0.15, 0.2) is 28.7 Å². The highest BCUT2D eigenvalue weighted by molar-refractivity contribution is 9.10. The molecule has 0 spiro atoms. The van der Waals surface area contributed by atoms with Gasteiger partial charge in [0, 0.05) is 16.6 Å². The molecule has 0 aliphatic heterocycles. The van der Waals surface area contributed by atoms with Crippen LogP contribution in [0.5, 0.6) is 0 Å². The highest BCUT2D eigenvalue weighted by atomic mass is 79.9. The zero-order valence-electron chi connectivity index (χ0n) is 10.2. The van der Waals surface area contributed by atoms with Crippen LogP contribution >= 0.6 is 15.9 Å². The van der Waals surface area contributed by atoms with Gasteiger partial charge in [0.1, 0.15) is 0 Å². The minimum absolute atomic E-state index is 0.243. The zero-order valence-corrected chi connectivity index (χ0v) is 11.8. The molecule has 1 N–H and O–H groups in total. The smallest absolute Gasteiger partial charge is 0.422 e. The van der Waals surface area contributed by atoms with Gasteiger partial charge in [0.2, 0.25) is 5.91 Å². The summed E-state index contributed by atoms with van der Waals surface area (Å²) in [5.74, 6) is -1.54. The quantitative estimate of drug-likeness (QED) is 0.826. The Bertz CT molecular complexity index is 474. The van der Waals surface area contributed by atoms with Crippen molar-refractivity contribution < 1.29 is 27.5 Å². The summed E-state index contributed by atoms with van der Waals surface area (Å²) in [6, 6.07) is 6.72. The molecule has 0 saturated carbocycles. The van der Waals surface area contributed by atoms with Crippen molar-refractivity contribution >= 4 is 33.5 Å². The summed E-state index contributed by atoms with van der Waals surface area (Å²) in [6.07, 6.45) is -5.21. The summed E-state index contributed by atoms with van der Waals surface area (Å²) >= 11 is 3.23. The van der Waals surface area contributed by atoms with Crippen molar-refractivity contribution in [2.45, 2.75) is 19.0 Å². The molecule has 8 heteroatoms. The molecule has 20 heavy (non-hydrogen) atoms. The number of carbonyl (C=O) groups excluding carboxylic acids is 2. The molecular formula is C12H11BrF3NO3. The number of hydrogen-bond acceptors (Lipinski definition) is 3. The predicted octanol–water partition coefficient (Wildman–Crippen LogP) is 3.27. The Morgan fingerprint density at radius 2 is 1.75 bits per heavy atom. The molecule has 0 aliphatic carbocycles. The lowest BCUT2D eigenvalue weighted by Crippen LogP contribution is -2.21. The summed E-state index contributed by atoms with van der Waals surface area (Å²) in [4.78, 5) is 22.4. The van der Waals surface area contributed by atoms with Crippen molar-refractivity contribution in [1.29, 1.82) is 0 Å². The van der Waals surface area contributed by atoms with Crippen LogP contribution in [-0.4, -0.2) is 24.7 Å². The first-order valence-electron chi connectivity index (χ1n) is 5.54. The Kier molecular flexibility index (Phi) is 6.00. The molecule has 1 rings (SSSR count). The van der Waals surface area contributed by atoms with E-state index in [4.69, 9.17) is 0 Å². The van der Waals surface area contributed by atoms with Gasteiger partial charge in [-0.25, -0.2) is 0 Å². The highest BCUT2D eigenvalue weighted by Gasteiger charge is 2.29. The van der Waals surface area contributed by atoms with Crippen LogP contribution in [0.25, 0.3) is 0 Å². The first-order valence-corrected chi connectivity index (χ1v) is 6.33. The van der Waals surface area contributed by atoms with Gasteiger partial charge >= 0.3 is 12.1 Å². The van der Waals surface area contributed by atoms with Crippen molar-refractivity contribution in [2.75, 3.05) is 11.9 Å². The fourth-order valence-corrected chi connectivity index (χ4v) is 1.47. The number of rotatable bonds is 5. The summed E-state index contributed by atoms with van der Waals surface area (Å²) in [6.45, 7) is -1.64. The van der Waals surface area contributed by atoms with Crippen LogP contribution in [0.3, 0.4) is 0 Å². The van der Waals surface area contributed by atoms with Gasteiger partial charge in [0.15, 0.2) is 6.61 Å². The first-order chi connectivity index (χ1) is 9.26. The summed E-state index contributed by atoms with van der Waals surface area (Å²) < 4.78 is 40.1. The second-order valence-electron chi connectivity index (χ2n) is 3.83. The Morgan fingerprint density at radius 3 is 2.30 bits per heavy atom. The van der Waals surface area contributed by atoms with Gasteiger partial charge in [-0.15, -0.1) is 0 Å². The molecule has 1 aromatic carbocycles. The summed E-state index contributed by atoms with van der Waals surface area (Å²) in [5, 5.41) is 2.51. The maximum atomic E-state index is 11.8. The van der Waals surface area contributed by atoms with E-state index < -0.39 is 31.1 Å². The minimum Gasteiger partial charge on any atom is -0.456 e. The van der Waals surface area contributed by atoms with E-state index in [1.807, 2.05) is 0 Å². The largest absolute Gasteiger partial charge is 0.456 e. The molecule has 110 valence electrons. The molecular weight excluding hydrogens is 343 g/mol. The van der Waals surface area contributed by atoms with Gasteiger partial charge in [-0.3, -0.25) is 9.59 Å². The van der Waals surface area contributed by atoms with E-state index in [2.05, 4.69) is 26.0 Å². The zero-order chi connectivity index (χ0) is 15.2. The number of anilines is 1. The number of benzene rings is 1. The van der Waals surface area contributed by atoms with Crippen LogP contribution in [-0.2, 0) is 14.3 Å². The normalized spacial score (nSPS) is 11.0. The minimum atomic E-state index is -4.56. The maximum absolute atomic E-state index is 11.8. The van der Waals surface area contributed by atoms with E-state index in [0.29, 0.717) is 5.69 Å². The van der Waals surface area contributed by atoms with Crippen molar-refractivity contribution in [3.8, 4) is 0 Å². The molecule has 1 aromatic rings. The number of hydrogen-bond donors (Lipinski definition) is 1. The number of nitrogens with one attached hydrogen (secondary N) is 1. The third-order valence-corrected chi connectivity index (χ3v) is 2.61. The van der Waals surface area contributed by atoms with Gasteiger partial charge in [-0.05, 0) is 24.3 Å². The molecule has 4 nitrogen and oxygen atoms in total. The number of ether oxygens (including phenoxy) is 1. The summed E-state index contributed by atoms with van der Waals surface area (Å²) in [5.41, 5.74) is 0.529. The Morgan fingerprint density at radius 1 is 1.15 bits per heavy atom. The molecule has 0 fully saturated rings. The van der Waals surface area contributed by atoms with Gasteiger partial charge in [-0.2, -0.15) is 13.2 Å². The van der Waals surface area contributed by atoms with Crippen LogP contribution < -0.4 is 5.32 Å². The lowest BCUT2D eigenvalue weighted by atomic mass is 10.2.